The van der Waals surface area contributed by atoms with Gasteiger partial charge in [0.15, 0.2) is 0 Å². The van der Waals surface area contributed by atoms with Gasteiger partial charge in [0.05, 0.1) is 7.11 Å². The van der Waals surface area contributed by atoms with E-state index in [0.717, 1.165) is 17.7 Å². The number of carbonyl (C=O) groups excluding carboxylic acids is 2. The van der Waals surface area contributed by atoms with Crippen LogP contribution >= 0.6 is 0 Å². The smallest absolute Gasteiger partial charge is 0.254 e. The van der Waals surface area contributed by atoms with Crippen molar-refractivity contribution in [3.63, 3.8) is 0 Å². The van der Waals surface area contributed by atoms with E-state index in [4.69, 9.17) is 4.74 Å². The van der Waals surface area contributed by atoms with Crippen LogP contribution in [0.15, 0.2) is 48.8 Å². The van der Waals surface area contributed by atoms with E-state index in [1.165, 1.54) is 0 Å². The Hall–Kier alpha value is -2.89. The molecule has 2 heterocycles. The molecule has 0 N–H and O–H groups in total. The van der Waals surface area contributed by atoms with Crippen LogP contribution in [-0.2, 0) is 11.2 Å². The Morgan fingerprint density at radius 1 is 0.963 bits per heavy atom. The molecule has 3 rings (SSSR count). The molecule has 1 aliphatic heterocycles. The van der Waals surface area contributed by atoms with Gasteiger partial charge < -0.3 is 14.5 Å². The highest BCUT2D eigenvalue weighted by atomic mass is 16.5. The summed E-state index contributed by atoms with van der Waals surface area (Å²) in [5, 5.41) is 0. The summed E-state index contributed by atoms with van der Waals surface area (Å²) in [6.07, 6.45) is 5.23. The van der Waals surface area contributed by atoms with Crippen LogP contribution in [0.4, 0.5) is 0 Å². The van der Waals surface area contributed by atoms with Crippen molar-refractivity contribution < 1.29 is 14.3 Å². The Bertz CT molecular complexity index is 762. The number of nitrogens with zero attached hydrogens (tertiary/aromatic N) is 3. The normalized spacial score (nSPS) is 14.6. The van der Waals surface area contributed by atoms with Crippen LogP contribution < -0.4 is 4.74 Å². The highest BCUT2D eigenvalue weighted by molar-refractivity contribution is 5.94. The SMILES string of the molecule is COc1ccc(CCC(=O)N2CCCN(C(=O)c3ccncc3)CC2)cc1. The molecule has 0 bridgehead atoms. The van der Waals surface area contributed by atoms with Gasteiger partial charge in [-0.15, -0.1) is 0 Å². The van der Waals surface area contributed by atoms with Gasteiger partial charge in [-0.3, -0.25) is 14.6 Å². The lowest BCUT2D eigenvalue weighted by Crippen LogP contribution is -2.37. The number of hydrogen-bond donors (Lipinski definition) is 0. The van der Waals surface area contributed by atoms with Crippen LogP contribution in [0.5, 0.6) is 5.75 Å². The number of pyridine rings is 1. The zero-order valence-electron chi connectivity index (χ0n) is 15.6. The molecule has 1 saturated heterocycles. The molecule has 1 aromatic heterocycles. The number of rotatable bonds is 5. The number of benzene rings is 1. The van der Waals surface area contributed by atoms with E-state index in [1.807, 2.05) is 34.1 Å². The Balaban J connectivity index is 1.51. The Labute approximate surface area is 159 Å². The van der Waals surface area contributed by atoms with E-state index in [2.05, 4.69) is 4.98 Å². The predicted octanol–water partition coefficient (Wildman–Crippen LogP) is 2.40. The third-order valence-corrected chi connectivity index (χ3v) is 4.85. The minimum atomic E-state index is 0.00457. The van der Waals surface area contributed by atoms with Crippen molar-refractivity contribution in [2.75, 3.05) is 33.3 Å². The number of aryl methyl sites for hydroxylation is 1. The number of methoxy groups -OCH3 is 1. The fraction of sp³-hybridized carbons (Fsp3) is 0.381. The second-order valence-corrected chi connectivity index (χ2v) is 6.61. The molecule has 142 valence electrons. The Morgan fingerprint density at radius 2 is 1.63 bits per heavy atom. The molecular weight excluding hydrogens is 342 g/mol. The first kappa shape index (κ1) is 18.9. The lowest BCUT2D eigenvalue weighted by molar-refractivity contribution is -0.131. The van der Waals surface area contributed by atoms with Gasteiger partial charge in [-0.05, 0) is 42.7 Å². The van der Waals surface area contributed by atoms with E-state index in [9.17, 15) is 9.59 Å². The van der Waals surface area contributed by atoms with Crippen LogP contribution in [0, 0.1) is 0 Å². The third-order valence-electron chi connectivity index (χ3n) is 4.85. The molecule has 1 fully saturated rings. The van der Waals surface area contributed by atoms with E-state index in [0.29, 0.717) is 44.6 Å². The molecule has 2 amide bonds. The molecule has 0 radical (unpaired) electrons. The Morgan fingerprint density at radius 3 is 2.33 bits per heavy atom. The maximum atomic E-state index is 12.6. The van der Waals surface area contributed by atoms with Gasteiger partial charge in [0.1, 0.15) is 5.75 Å². The largest absolute Gasteiger partial charge is 0.497 e. The molecule has 1 aliphatic rings. The average molecular weight is 367 g/mol. The quantitative estimate of drug-likeness (QED) is 0.814. The lowest BCUT2D eigenvalue weighted by Gasteiger charge is -2.22. The molecule has 0 aliphatic carbocycles. The number of hydrogen-bond acceptors (Lipinski definition) is 4. The standard InChI is InChI=1S/C21H25N3O3/c1-27-19-6-3-17(4-7-19)5-8-20(25)23-13-2-14-24(16-15-23)21(26)18-9-11-22-12-10-18/h3-4,6-7,9-12H,2,5,8,13-16H2,1H3. The highest BCUT2D eigenvalue weighted by Gasteiger charge is 2.22. The Kier molecular flexibility index (Phi) is 6.41. The van der Waals surface area contributed by atoms with Gasteiger partial charge in [0.2, 0.25) is 5.91 Å². The zero-order valence-corrected chi connectivity index (χ0v) is 15.6. The second-order valence-electron chi connectivity index (χ2n) is 6.61. The summed E-state index contributed by atoms with van der Waals surface area (Å²) < 4.78 is 5.15. The van der Waals surface area contributed by atoms with Crippen LogP contribution in [0.2, 0.25) is 0 Å². The summed E-state index contributed by atoms with van der Waals surface area (Å²) in [5.74, 6) is 0.963. The van der Waals surface area contributed by atoms with Crippen molar-refractivity contribution in [1.82, 2.24) is 14.8 Å². The van der Waals surface area contributed by atoms with Crippen molar-refractivity contribution >= 4 is 11.8 Å². The first-order valence-electron chi connectivity index (χ1n) is 9.27. The molecule has 0 atom stereocenters. The number of carbonyl (C=O) groups is 2. The summed E-state index contributed by atoms with van der Waals surface area (Å²) in [6, 6.07) is 11.3. The number of ether oxygens (including phenoxy) is 1. The molecule has 0 saturated carbocycles. The fourth-order valence-electron chi connectivity index (χ4n) is 3.25. The van der Waals surface area contributed by atoms with Crippen molar-refractivity contribution in [3.8, 4) is 5.75 Å². The van der Waals surface area contributed by atoms with Gasteiger partial charge in [0.25, 0.3) is 5.91 Å². The average Bonchev–Trinajstić information content (AvgIpc) is 2.99. The van der Waals surface area contributed by atoms with Gasteiger partial charge >= 0.3 is 0 Å². The summed E-state index contributed by atoms with van der Waals surface area (Å²) in [4.78, 5) is 32.8. The molecule has 1 aromatic carbocycles. The second kappa shape index (κ2) is 9.16. The first-order valence-corrected chi connectivity index (χ1v) is 9.27. The molecule has 0 spiro atoms. The summed E-state index contributed by atoms with van der Waals surface area (Å²) in [7, 11) is 1.64. The van der Waals surface area contributed by atoms with Gasteiger partial charge in [-0.2, -0.15) is 0 Å². The molecule has 6 nitrogen and oxygen atoms in total. The fourth-order valence-corrected chi connectivity index (χ4v) is 3.25. The third kappa shape index (κ3) is 5.06. The van der Waals surface area contributed by atoms with Crippen molar-refractivity contribution in [2.45, 2.75) is 19.3 Å². The lowest BCUT2D eigenvalue weighted by atomic mass is 10.1. The van der Waals surface area contributed by atoms with Crippen LogP contribution in [0.1, 0.15) is 28.8 Å². The zero-order chi connectivity index (χ0) is 19.1. The minimum absolute atomic E-state index is 0.00457. The van der Waals surface area contributed by atoms with E-state index < -0.39 is 0 Å². The number of aromatic nitrogens is 1. The van der Waals surface area contributed by atoms with Crippen molar-refractivity contribution in [1.29, 1.82) is 0 Å². The maximum Gasteiger partial charge on any atom is 0.254 e. The van der Waals surface area contributed by atoms with Crippen molar-refractivity contribution in [2.24, 2.45) is 0 Å². The van der Waals surface area contributed by atoms with Crippen LogP contribution in [0.25, 0.3) is 0 Å². The van der Waals surface area contributed by atoms with Gasteiger partial charge in [-0.1, -0.05) is 12.1 Å². The van der Waals surface area contributed by atoms with Gasteiger partial charge in [-0.25, -0.2) is 0 Å². The van der Waals surface area contributed by atoms with E-state index in [-0.39, 0.29) is 11.8 Å². The maximum absolute atomic E-state index is 12.6. The van der Waals surface area contributed by atoms with E-state index >= 15 is 0 Å². The van der Waals surface area contributed by atoms with Crippen LogP contribution in [-0.4, -0.2) is 59.9 Å². The first-order chi connectivity index (χ1) is 13.2. The summed E-state index contributed by atoms with van der Waals surface area (Å²) >= 11 is 0. The minimum Gasteiger partial charge on any atom is -0.497 e. The van der Waals surface area contributed by atoms with E-state index in [1.54, 1.807) is 31.6 Å². The summed E-state index contributed by atoms with van der Waals surface area (Å²) in [5.41, 5.74) is 1.76. The summed E-state index contributed by atoms with van der Waals surface area (Å²) in [6.45, 7) is 2.51. The van der Waals surface area contributed by atoms with Crippen molar-refractivity contribution in [3.05, 3.63) is 59.9 Å². The molecular formula is C21H25N3O3. The monoisotopic (exact) mass is 367 g/mol. The highest BCUT2D eigenvalue weighted by Crippen LogP contribution is 2.14. The molecule has 27 heavy (non-hydrogen) atoms. The van der Waals surface area contributed by atoms with Gasteiger partial charge in [0, 0.05) is 50.6 Å². The molecule has 6 heteroatoms. The molecule has 2 aromatic rings. The van der Waals surface area contributed by atoms with Crippen LogP contribution in [0.3, 0.4) is 0 Å². The predicted molar refractivity (Wildman–Crippen MR) is 103 cm³/mol. The topological polar surface area (TPSA) is 62.7 Å². The number of amides is 2. The molecule has 0 unspecified atom stereocenters.